The lowest BCUT2D eigenvalue weighted by atomic mass is 9.99. The lowest BCUT2D eigenvalue weighted by Crippen LogP contribution is -1.99. The van der Waals surface area contributed by atoms with Crippen LogP contribution < -0.4 is 0 Å². The van der Waals surface area contributed by atoms with Gasteiger partial charge in [0.05, 0.1) is 17.2 Å². The van der Waals surface area contributed by atoms with Gasteiger partial charge in [0.15, 0.2) is 5.82 Å². The number of nitrogens with zero attached hydrogens (tertiary/aromatic N) is 4. The summed E-state index contributed by atoms with van der Waals surface area (Å²) in [5.41, 5.74) is 5.54. The molecule has 0 amide bonds. The second-order valence-electron chi connectivity index (χ2n) is 5.65. The first kappa shape index (κ1) is 13.0. The van der Waals surface area contributed by atoms with E-state index in [-0.39, 0.29) is 0 Å². The van der Waals surface area contributed by atoms with Crippen LogP contribution in [0.2, 0.25) is 0 Å². The molecule has 0 radical (unpaired) electrons. The summed E-state index contributed by atoms with van der Waals surface area (Å²) >= 11 is 0. The maximum atomic E-state index is 4.77. The lowest BCUT2D eigenvalue weighted by molar-refractivity contribution is 0.797. The molecule has 0 aliphatic heterocycles. The van der Waals surface area contributed by atoms with E-state index in [1.807, 2.05) is 48.4 Å². The minimum Gasteiger partial charge on any atom is -0.267 e. The molecular formula is C18H16N4. The number of aromatic nitrogens is 4. The molecule has 0 saturated heterocycles. The Morgan fingerprint density at radius 3 is 2.68 bits per heavy atom. The Balaban J connectivity index is 2.10. The first-order valence-corrected chi connectivity index (χ1v) is 7.29. The van der Waals surface area contributed by atoms with Crippen LogP contribution in [0.25, 0.3) is 33.2 Å². The van der Waals surface area contributed by atoms with Crippen LogP contribution in [0.15, 0.2) is 42.7 Å². The number of fused-ring (bicyclic) bond motifs is 2. The molecule has 0 spiro atoms. The van der Waals surface area contributed by atoms with Crippen LogP contribution in [-0.2, 0) is 7.05 Å². The molecule has 4 nitrogen and oxygen atoms in total. The van der Waals surface area contributed by atoms with E-state index in [0.717, 1.165) is 33.2 Å². The van der Waals surface area contributed by atoms with Crippen molar-refractivity contribution in [1.82, 2.24) is 19.7 Å². The molecule has 0 saturated carbocycles. The zero-order valence-electron chi connectivity index (χ0n) is 12.8. The molecule has 4 heteroatoms. The molecule has 2 aromatic heterocycles. The van der Waals surface area contributed by atoms with Crippen LogP contribution >= 0.6 is 0 Å². The van der Waals surface area contributed by atoms with Gasteiger partial charge >= 0.3 is 0 Å². The first-order chi connectivity index (χ1) is 10.6. The van der Waals surface area contributed by atoms with Crippen LogP contribution in [0.5, 0.6) is 0 Å². The quantitative estimate of drug-likeness (QED) is 0.535. The average molecular weight is 288 g/mol. The lowest BCUT2D eigenvalue weighted by Gasteiger charge is -2.11. The van der Waals surface area contributed by atoms with Crippen molar-refractivity contribution in [3.63, 3.8) is 0 Å². The van der Waals surface area contributed by atoms with E-state index in [1.54, 1.807) is 0 Å². The van der Waals surface area contributed by atoms with Gasteiger partial charge in [-0.2, -0.15) is 5.10 Å². The smallest absolute Gasteiger partial charge is 0.162 e. The Labute approximate surface area is 128 Å². The monoisotopic (exact) mass is 288 g/mol. The molecule has 108 valence electrons. The molecule has 4 aromatic rings. The molecule has 2 heterocycles. The largest absolute Gasteiger partial charge is 0.267 e. The molecule has 2 aromatic carbocycles. The Bertz CT molecular complexity index is 1010. The van der Waals surface area contributed by atoms with Crippen LogP contribution in [0, 0.1) is 13.8 Å². The Hall–Kier alpha value is -2.75. The number of benzene rings is 2. The van der Waals surface area contributed by atoms with Crippen LogP contribution in [-0.4, -0.2) is 19.7 Å². The third-order valence-corrected chi connectivity index (χ3v) is 4.26. The Kier molecular flexibility index (Phi) is 2.73. The molecule has 0 aliphatic carbocycles. The summed E-state index contributed by atoms with van der Waals surface area (Å²) in [4.78, 5) is 9.36. The second-order valence-corrected chi connectivity index (χ2v) is 5.65. The van der Waals surface area contributed by atoms with Crippen molar-refractivity contribution in [2.75, 3.05) is 0 Å². The molecular weight excluding hydrogens is 272 g/mol. The van der Waals surface area contributed by atoms with Crippen molar-refractivity contribution in [2.45, 2.75) is 13.8 Å². The van der Waals surface area contributed by atoms with E-state index in [4.69, 9.17) is 4.98 Å². The van der Waals surface area contributed by atoms with Crippen molar-refractivity contribution in [3.05, 3.63) is 53.9 Å². The highest BCUT2D eigenvalue weighted by atomic mass is 15.2. The predicted molar refractivity (Wildman–Crippen MR) is 88.7 cm³/mol. The Morgan fingerprint density at radius 2 is 1.82 bits per heavy atom. The van der Waals surface area contributed by atoms with Gasteiger partial charge < -0.3 is 0 Å². The maximum absolute atomic E-state index is 4.77. The molecule has 0 N–H and O–H groups in total. The SMILES string of the molecule is Cc1cc2cnn(C)c2c(-c2ncc3ccccc3n2)c1C. The molecule has 22 heavy (non-hydrogen) atoms. The fraction of sp³-hybridized carbons (Fsp3) is 0.167. The van der Waals surface area contributed by atoms with Crippen LogP contribution in [0.1, 0.15) is 11.1 Å². The third kappa shape index (κ3) is 1.80. The molecule has 0 fully saturated rings. The number of hydrogen-bond acceptors (Lipinski definition) is 3. The van der Waals surface area contributed by atoms with Crippen molar-refractivity contribution in [2.24, 2.45) is 7.05 Å². The van der Waals surface area contributed by atoms with E-state index in [9.17, 15) is 0 Å². The van der Waals surface area contributed by atoms with E-state index in [0.29, 0.717) is 0 Å². The zero-order valence-corrected chi connectivity index (χ0v) is 12.8. The summed E-state index contributed by atoms with van der Waals surface area (Å²) in [6, 6.07) is 10.2. The normalized spacial score (nSPS) is 11.4. The first-order valence-electron chi connectivity index (χ1n) is 7.29. The van der Waals surface area contributed by atoms with Crippen molar-refractivity contribution >= 4 is 21.8 Å². The molecule has 0 bridgehead atoms. The van der Waals surface area contributed by atoms with Crippen LogP contribution in [0.4, 0.5) is 0 Å². The standard InChI is InChI=1S/C18H16N4/c1-11-8-14-10-20-22(3)17(14)16(12(11)2)18-19-9-13-6-4-5-7-15(13)21-18/h4-10H,1-3H3. The van der Waals surface area contributed by atoms with Crippen molar-refractivity contribution in [1.29, 1.82) is 0 Å². The summed E-state index contributed by atoms with van der Waals surface area (Å²) in [5.74, 6) is 0.758. The van der Waals surface area contributed by atoms with E-state index >= 15 is 0 Å². The van der Waals surface area contributed by atoms with Gasteiger partial charge in [-0.1, -0.05) is 18.2 Å². The zero-order chi connectivity index (χ0) is 15.3. The Morgan fingerprint density at radius 1 is 1.00 bits per heavy atom. The van der Waals surface area contributed by atoms with Gasteiger partial charge in [-0.3, -0.25) is 4.68 Å². The summed E-state index contributed by atoms with van der Waals surface area (Å²) in [7, 11) is 1.96. The van der Waals surface area contributed by atoms with E-state index in [2.05, 4.69) is 30.0 Å². The van der Waals surface area contributed by atoms with Crippen molar-refractivity contribution in [3.8, 4) is 11.4 Å². The highest BCUT2D eigenvalue weighted by molar-refractivity contribution is 5.95. The maximum Gasteiger partial charge on any atom is 0.162 e. The van der Waals surface area contributed by atoms with Crippen LogP contribution in [0.3, 0.4) is 0 Å². The van der Waals surface area contributed by atoms with Gasteiger partial charge in [0.1, 0.15) is 0 Å². The highest BCUT2D eigenvalue weighted by Gasteiger charge is 2.16. The van der Waals surface area contributed by atoms with Crippen molar-refractivity contribution < 1.29 is 0 Å². The van der Waals surface area contributed by atoms with E-state index < -0.39 is 0 Å². The molecule has 0 atom stereocenters. The molecule has 0 aliphatic rings. The summed E-state index contributed by atoms with van der Waals surface area (Å²) < 4.78 is 1.90. The summed E-state index contributed by atoms with van der Waals surface area (Å²) in [6.45, 7) is 4.24. The molecule has 4 rings (SSSR count). The summed E-state index contributed by atoms with van der Waals surface area (Å²) in [6.07, 6.45) is 3.79. The molecule has 0 unspecified atom stereocenters. The minimum absolute atomic E-state index is 0.758. The van der Waals surface area contributed by atoms with Gasteiger partial charge in [0.25, 0.3) is 0 Å². The highest BCUT2D eigenvalue weighted by Crippen LogP contribution is 2.32. The van der Waals surface area contributed by atoms with Gasteiger partial charge in [-0.25, -0.2) is 9.97 Å². The van der Waals surface area contributed by atoms with Gasteiger partial charge in [-0.05, 0) is 37.1 Å². The number of hydrogen-bond donors (Lipinski definition) is 0. The second kappa shape index (κ2) is 4.63. The predicted octanol–water partition coefficient (Wildman–Crippen LogP) is 3.80. The fourth-order valence-electron chi connectivity index (χ4n) is 2.95. The topological polar surface area (TPSA) is 43.6 Å². The number of aryl methyl sites for hydroxylation is 2. The van der Waals surface area contributed by atoms with E-state index in [1.165, 1.54) is 11.1 Å². The average Bonchev–Trinajstić information content (AvgIpc) is 2.89. The minimum atomic E-state index is 0.758. The number of para-hydroxylation sites is 1. The number of rotatable bonds is 1. The third-order valence-electron chi connectivity index (χ3n) is 4.26. The van der Waals surface area contributed by atoms with Gasteiger partial charge in [0.2, 0.25) is 0 Å². The van der Waals surface area contributed by atoms with Gasteiger partial charge in [0, 0.05) is 29.6 Å². The van der Waals surface area contributed by atoms with Gasteiger partial charge in [-0.15, -0.1) is 0 Å². The summed E-state index contributed by atoms with van der Waals surface area (Å²) in [5, 5.41) is 6.56. The fourth-order valence-corrected chi connectivity index (χ4v) is 2.95.